The minimum absolute atomic E-state index is 0.518. The lowest BCUT2D eigenvalue weighted by Crippen LogP contribution is -2.26. The minimum Gasteiger partial charge on any atom is -0.493 e. The molecule has 0 spiro atoms. The van der Waals surface area contributed by atoms with Crippen LogP contribution in [0.15, 0.2) is 36.7 Å². The van der Waals surface area contributed by atoms with Crippen LogP contribution >= 0.6 is 0 Å². The molecule has 2 saturated carbocycles. The van der Waals surface area contributed by atoms with E-state index in [2.05, 4.69) is 34.3 Å². The normalized spacial score (nSPS) is 23.2. The highest BCUT2D eigenvalue weighted by Gasteiger charge is 2.22. The molecule has 25 heavy (non-hydrogen) atoms. The summed E-state index contributed by atoms with van der Waals surface area (Å²) in [6.07, 6.45) is 11.5. The second kappa shape index (κ2) is 7.42. The molecule has 2 fully saturated rings. The summed E-state index contributed by atoms with van der Waals surface area (Å²) in [6.45, 7) is 3.19. The maximum atomic E-state index is 5.79. The fourth-order valence-electron chi connectivity index (χ4n) is 3.38. The monoisotopic (exact) mass is 337 g/mol. The number of benzene rings is 1. The molecule has 4 heteroatoms. The fourth-order valence-corrected chi connectivity index (χ4v) is 3.38. The maximum Gasteiger partial charge on any atom is 0.222 e. The molecule has 2 aliphatic rings. The Morgan fingerprint density at radius 3 is 2.24 bits per heavy atom. The Hall–Kier alpha value is -2.10. The molecule has 0 saturated heterocycles. The predicted octanol–water partition coefficient (Wildman–Crippen LogP) is 4.92. The number of ether oxygens (including phenoxy) is 1. The van der Waals surface area contributed by atoms with Crippen molar-refractivity contribution in [2.45, 2.75) is 51.5 Å². The number of hydrogen-bond acceptors (Lipinski definition) is 4. The second-order valence-electron chi connectivity index (χ2n) is 7.68. The van der Waals surface area contributed by atoms with Crippen molar-refractivity contribution in [2.75, 3.05) is 11.9 Å². The van der Waals surface area contributed by atoms with E-state index in [1.807, 2.05) is 24.5 Å². The van der Waals surface area contributed by atoms with Gasteiger partial charge in [-0.05, 0) is 68.1 Å². The Morgan fingerprint density at radius 2 is 1.60 bits per heavy atom. The molecular formula is C21H27N3O. The van der Waals surface area contributed by atoms with Crippen LogP contribution in [0.25, 0.3) is 11.1 Å². The van der Waals surface area contributed by atoms with Gasteiger partial charge in [0, 0.05) is 24.0 Å². The van der Waals surface area contributed by atoms with Crippen LogP contribution in [0.2, 0.25) is 0 Å². The van der Waals surface area contributed by atoms with Gasteiger partial charge in [0.15, 0.2) is 0 Å². The van der Waals surface area contributed by atoms with Gasteiger partial charge < -0.3 is 10.1 Å². The van der Waals surface area contributed by atoms with E-state index in [1.165, 1.54) is 38.5 Å². The third kappa shape index (κ3) is 4.50. The van der Waals surface area contributed by atoms with E-state index < -0.39 is 0 Å². The number of rotatable bonds is 6. The number of hydrogen-bond donors (Lipinski definition) is 1. The van der Waals surface area contributed by atoms with Crippen molar-refractivity contribution in [2.24, 2.45) is 11.8 Å². The maximum absolute atomic E-state index is 5.79. The summed E-state index contributed by atoms with van der Waals surface area (Å²) in [5.74, 6) is 3.33. The molecule has 4 rings (SSSR count). The van der Waals surface area contributed by atoms with E-state index in [0.29, 0.717) is 6.04 Å². The first-order valence-corrected chi connectivity index (χ1v) is 9.58. The number of anilines is 1. The van der Waals surface area contributed by atoms with E-state index >= 15 is 0 Å². The molecule has 132 valence electrons. The topological polar surface area (TPSA) is 47.0 Å². The summed E-state index contributed by atoms with van der Waals surface area (Å²) in [4.78, 5) is 9.01. The zero-order chi connectivity index (χ0) is 17.1. The largest absolute Gasteiger partial charge is 0.493 e. The molecule has 0 unspecified atom stereocenters. The quantitative estimate of drug-likeness (QED) is 0.812. The van der Waals surface area contributed by atoms with Gasteiger partial charge in [0.1, 0.15) is 5.75 Å². The Morgan fingerprint density at radius 1 is 0.920 bits per heavy atom. The molecule has 1 aromatic carbocycles. The molecule has 1 aromatic heterocycles. The zero-order valence-corrected chi connectivity index (χ0v) is 14.9. The van der Waals surface area contributed by atoms with E-state index in [1.54, 1.807) is 0 Å². The van der Waals surface area contributed by atoms with E-state index in [-0.39, 0.29) is 0 Å². The Kier molecular flexibility index (Phi) is 4.86. The molecule has 2 aromatic rings. The van der Waals surface area contributed by atoms with E-state index in [9.17, 15) is 0 Å². The molecule has 1 heterocycles. The first kappa shape index (κ1) is 16.4. The zero-order valence-electron chi connectivity index (χ0n) is 14.9. The van der Waals surface area contributed by atoms with Gasteiger partial charge in [0.05, 0.1) is 6.61 Å². The van der Waals surface area contributed by atoms with E-state index in [0.717, 1.165) is 41.3 Å². The van der Waals surface area contributed by atoms with Crippen LogP contribution in [0, 0.1) is 11.8 Å². The van der Waals surface area contributed by atoms with Crippen molar-refractivity contribution >= 4 is 5.95 Å². The summed E-state index contributed by atoms with van der Waals surface area (Å²) in [5.41, 5.74) is 2.16. The van der Waals surface area contributed by atoms with Crippen molar-refractivity contribution in [3.8, 4) is 16.9 Å². The molecule has 4 nitrogen and oxygen atoms in total. The summed E-state index contributed by atoms with van der Waals surface area (Å²) < 4.78 is 5.79. The summed E-state index contributed by atoms with van der Waals surface area (Å²) >= 11 is 0. The smallest absolute Gasteiger partial charge is 0.222 e. The van der Waals surface area contributed by atoms with Gasteiger partial charge in [0.2, 0.25) is 5.95 Å². The van der Waals surface area contributed by atoms with E-state index in [4.69, 9.17) is 4.74 Å². The fraction of sp³-hybridized carbons (Fsp3) is 0.524. The van der Waals surface area contributed by atoms with Crippen LogP contribution in [0.3, 0.4) is 0 Å². The Balaban J connectivity index is 1.34. The predicted molar refractivity (Wildman–Crippen MR) is 101 cm³/mol. The van der Waals surface area contributed by atoms with Gasteiger partial charge >= 0.3 is 0 Å². The lowest BCUT2D eigenvalue weighted by molar-refractivity contribution is 0.300. The van der Waals surface area contributed by atoms with Crippen LogP contribution < -0.4 is 10.1 Å². The van der Waals surface area contributed by atoms with Crippen LogP contribution in [0.1, 0.15) is 45.4 Å². The van der Waals surface area contributed by atoms with Crippen molar-refractivity contribution in [3.63, 3.8) is 0 Å². The first-order valence-electron chi connectivity index (χ1n) is 9.58. The Labute approximate surface area is 150 Å². The highest BCUT2D eigenvalue weighted by Crippen LogP contribution is 2.30. The van der Waals surface area contributed by atoms with Crippen LogP contribution in [0.5, 0.6) is 5.75 Å². The molecule has 0 bridgehead atoms. The Bertz CT molecular complexity index is 671. The minimum atomic E-state index is 0.518. The molecule has 0 aliphatic heterocycles. The van der Waals surface area contributed by atoms with Gasteiger partial charge in [-0.3, -0.25) is 0 Å². The highest BCUT2D eigenvalue weighted by atomic mass is 16.5. The highest BCUT2D eigenvalue weighted by molar-refractivity contribution is 5.62. The van der Waals surface area contributed by atoms with Gasteiger partial charge in [0.25, 0.3) is 0 Å². The van der Waals surface area contributed by atoms with Gasteiger partial charge in [-0.2, -0.15) is 0 Å². The molecule has 2 aliphatic carbocycles. The third-order valence-electron chi connectivity index (χ3n) is 5.37. The summed E-state index contributed by atoms with van der Waals surface area (Å²) in [7, 11) is 0. The van der Waals surface area contributed by atoms with Crippen LogP contribution in [-0.2, 0) is 0 Å². The second-order valence-corrected chi connectivity index (χ2v) is 7.68. The lowest BCUT2D eigenvalue weighted by Gasteiger charge is -2.26. The standard InChI is InChI=1S/C21H27N3O/c1-15-2-8-19(9-3-15)24-21-22-12-18(13-23-21)17-6-10-20(11-7-17)25-14-16-4-5-16/h6-7,10-13,15-16,19H,2-5,8-9,14H2,1H3,(H,22,23,24)/t15-,19-. The van der Waals surface area contributed by atoms with Crippen LogP contribution in [0.4, 0.5) is 5.95 Å². The number of nitrogens with zero attached hydrogens (tertiary/aromatic N) is 2. The van der Waals surface area contributed by atoms with Crippen molar-refractivity contribution in [1.82, 2.24) is 9.97 Å². The first-order chi connectivity index (χ1) is 12.3. The average molecular weight is 337 g/mol. The lowest BCUT2D eigenvalue weighted by atomic mass is 9.87. The summed E-state index contributed by atoms with van der Waals surface area (Å²) in [5, 5.41) is 3.48. The van der Waals surface area contributed by atoms with Crippen molar-refractivity contribution < 1.29 is 4.74 Å². The van der Waals surface area contributed by atoms with Crippen molar-refractivity contribution in [3.05, 3.63) is 36.7 Å². The number of aromatic nitrogens is 2. The van der Waals surface area contributed by atoms with Gasteiger partial charge in [-0.25, -0.2) is 9.97 Å². The molecular weight excluding hydrogens is 310 g/mol. The average Bonchev–Trinajstić information content (AvgIpc) is 3.48. The van der Waals surface area contributed by atoms with Crippen molar-refractivity contribution in [1.29, 1.82) is 0 Å². The van der Waals surface area contributed by atoms with Crippen LogP contribution in [-0.4, -0.2) is 22.6 Å². The van der Waals surface area contributed by atoms with Gasteiger partial charge in [-0.1, -0.05) is 19.1 Å². The molecule has 0 atom stereocenters. The molecule has 1 N–H and O–H groups in total. The number of nitrogens with one attached hydrogen (secondary N) is 1. The summed E-state index contributed by atoms with van der Waals surface area (Å²) in [6, 6.07) is 8.75. The SMILES string of the molecule is C[C@H]1CC[C@H](Nc2ncc(-c3ccc(OCC4CC4)cc3)cn2)CC1. The molecule has 0 amide bonds. The van der Waals surface area contributed by atoms with Gasteiger partial charge in [-0.15, -0.1) is 0 Å². The molecule has 0 radical (unpaired) electrons. The third-order valence-corrected chi connectivity index (χ3v) is 5.37.